The summed E-state index contributed by atoms with van der Waals surface area (Å²) in [6.07, 6.45) is 9.36. The molecule has 0 radical (unpaired) electrons. The Hall–Kier alpha value is -3.11. The first-order valence-electron chi connectivity index (χ1n) is 13.2. The molecule has 4 nitrogen and oxygen atoms in total. The van der Waals surface area contributed by atoms with E-state index >= 15 is 0 Å². The minimum atomic E-state index is 0. The van der Waals surface area contributed by atoms with Crippen LogP contribution >= 0.6 is 0 Å². The summed E-state index contributed by atoms with van der Waals surface area (Å²) in [5.41, 5.74) is 5.99. The van der Waals surface area contributed by atoms with E-state index in [2.05, 4.69) is 91.6 Å². The third-order valence-corrected chi connectivity index (χ3v) is 6.02. The van der Waals surface area contributed by atoms with Crippen molar-refractivity contribution in [1.82, 2.24) is 4.90 Å². The van der Waals surface area contributed by atoms with Crippen molar-refractivity contribution in [2.45, 2.75) is 66.7 Å². The summed E-state index contributed by atoms with van der Waals surface area (Å²) in [4.78, 5) is 6.71. The molecule has 0 atom stereocenters. The van der Waals surface area contributed by atoms with Gasteiger partial charge in [-0.3, -0.25) is 0 Å². The predicted molar refractivity (Wildman–Crippen MR) is 159 cm³/mol. The molecule has 1 aliphatic rings. The largest absolute Gasteiger partial charge is 0.469 e. The van der Waals surface area contributed by atoms with Crippen LogP contribution in [0.4, 0.5) is 5.69 Å². The van der Waals surface area contributed by atoms with Crippen LogP contribution in [0.1, 0.15) is 71.2 Å². The maximum atomic E-state index is 5.37. The van der Waals surface area contributed by atoms with Crippen LogP contribution in [-0.4, -0.2) is 30.9 Å². The van der Waals surface area contributed by atoms with Crippen molar-refractivity contribution in [3.05, 3.63) is 90.0 Å². The van der Waals surface area contributed by atoms with E-state index in [-0.39, 0.29) is 1.43 Å². The Balaban J connectivity index is 0.000000347. The Bertz CT molecular complexity index is 1080. The quantitative estimate of drug-likeness (QED) is 0.293. The fourth-order valence-electron chi connectivity index (χ4n) is 4.01. The second kappa shape index (κ2) is 15.8. The van der Waals surface area contributed by atoms with E-state index in [4.69, 9.17) is 4.42 Å². The normalized spacial score (nSPS) is 14.6. The number of hydrogen-bond acceptors (Lipinski definition) is 3. The Morgan fingerprint density at radius 1 is 1.06 bits per heavy atom. The van der Waals surface area contributed by atoms with E-state index in [9.17, 15) is 0 Å². The molecule has 3 aromatic rings. The summed E-state index contributed by atoms with van der Waals surface area (Å²) in [6, 6.07) is 19.3. The number of nitrogens with one attached hydrogen (secondary N) is 1. The lowest BCUT2D eigenvalue weighted by Crippen LogP contribution is -2.29. The molecule has 0 amide bonds. The van der Waals surface area contributed by atoms with Gasteiger partial charge in [0.1, 0.15) is 11.6 Å². The number of rotatable bonds is 4. The summed E-state index contributed by atoms with van der Waals surface area (Å²) in [6.45, 7) is 14.7. The maximum absolute atomic E-state index is 5.37. The highest BCUT2D eigenvalue weighted by atomic mass is 16.3. The summed E-state index contributed by atoms with van der Waals surface area (Å²) >= 11 is 0. The molecule has 0 bridgehead atoms. The van der Waals surface area contributed by atoms with Gasteiger partial charge in [-0.05, 0) is 95.4 Å². The van der Waals surface area contributed by atoms with Gasteiger partial charge in [-0.1, -0.05) is 68.8 Å². The number of amidine groups is 1. The van der Waals surface area contributed by atoms with Gasteiger partial charge < -0.3 is 14.6 Å². The first-order valence-corrected chi connectivity index (χ1v) is 13.2. The van der Waals surface area contributed by atoms with E-state index in [0.29, 0.717) is 0 Å². The van der Waals surface area contributed by atoms with Gasteiger partial charge in [0, 0.05) is 18.9 Å². The number of aliphatic imine (C=N–C) groups is 1. The van der Waals surface area contributed by atoms with Gasteiger partial charge in [0.15, 0.2) is 0 Å². The van der Waals surface area contributed by atoms with Crippen LogP contribution in [0.5, 0.6) is 0 Å². The fourth-order valence-corrected chi connectivity index (χ4v) is 4.01. The minimum Gasteiger partial charge on any atom is -0.469 e. The predicted octanol–water partition coefficient (Wildman–Crippen LogP) is 9.09. The number of furan rings is 1. The van der Waals surface area contributed by atoms with E-state index in [1.165, 1.54) is 43.5 Å². The molecular formula is C32H47N3O. The maximum Gasteiger partial charge on any atom is 0.103 e. The summed E-state index contributed by atoms with van der Waals surface area (Å²) in [5, 5.41) is 3.33. The van der Waals surface area contributed by atoms with Crippen LogP contribution in [0.15, 0.2) is 82.5 Å². The molecule has 0 saturated carbocycles. The lowest BCUT2D eigenvalue weighted by atomic mass is 9.90. The van der Waals surface area contributed by atoms with Gasteiger partial charge >= 0.3 is 0 Å². The highest BCUT2D eigenvalue weighted by molar-refractivity contribution is 5.95. The molecule has 36 heavy (non-hydrogen) atoms. The first kappa shape index (κ1) is 29.1. The number of benzene rings is 2. The third-order valence-electron chi connectivity index (χ3n) is 6.02. The Morgan fingerprint density at radius 2 is 1.72 bits per heavy atom. The monoisotopic (exact) mass is 489 g/mol. The molecule has 0 aliphatic carbocycles. The molecule has 2 aromatic carbocycles. The van der Waals surface area contributed by atoms with E-state index < -0.39 is 0 Å². The van der Waals surface area contributed by atoms with Gasteiger partial charge in [0.2, 0.25) is 0 Å². The second-order valence-electron chi connectivity index (χ2n) is 9.49. The van der Waals surface area contributed by atoms with Crippen molar-refractivity contribution in [1.29, 1.82) is 0 Å². The molecule has 1 fully saturated rings. The van der Waals surface area contributed by atoms with Crippen LogP contribution in [0, 0.1) is 13.8 Å². The van der Waals surface area contributed by atoms with E-state index in [0.717, 1.165) is 34.3 Å². The van der Waals surface area contributed by atoms with Crippen molar-refractivity contribution in [2.24, 2.45) is 4.99 Å². The SMILES string of the molecule is C/C=C\N=C(C)Nc1cc(-c2coc(C)c2)ccc1C.CCC.CN1CCC(c2ccccc2)CC1.[HH]. The molecule has 1 aromatic heterocycles. The number of aryl methyl sites for hydroxylation is 2. The average molecular weight is 490 g/mol. The molecule has 0 unspecified atom stereocenters. The Labute approximate surface area is 220 Å². The number of nitrogens with zero attached hydrogens (tertiary/aromatic N) is 2. The number of anilines is 1. The number of hydrogen-bond donors (Lipinski definition) is 1. The van der Waals surface area contributed by atoms with E-state index in [1.54, 1.807) is 12.5 Å². The van der Waals surface area contributed by atoms with Crippen LogP contribution in [0.25, 0.3) is 11.1 Å². The van der Waals surface area contributed by atoms with Crippen LogP contribution < -0.4 is 5.32 Å². The lowest BCUT2D eigenvalue weighted by Gasteiger charge is -2.29. The van der Waals surface area contributed by atoms with Gasteiger partial charge in [-0.15, -0.1) is 0 Å². The molecule has 2 heterocycles. The number of likely N-dealkylation sites (tertiary alicyclic amines) is 1. The molecular weight excluding hydrogens is 442 g/mol. The molecule has 1 aliphatic heterocycles. The van der Waals surface area contributed by atoms with Crippen molar-refractivity contribution in [3.8, 4) is 11.1 Å². The van der Waals surface area contributed by atoms with Crippen molar-refractivity contribution in [2.75, 3.05) is 25.5 Å². The van der Waals surface area contributed by atoms with Gasteiger partial charge in [-0.2, -0.15) is 0 Å². The summed E-state index contributed by atoms with van der Waals surface area (Å²) in [5.74, 6) is 2.59. The van der Waals surface area contributed by atoms with Crippen LogP contribution in [0.3, 0.4) is 0 Å². The zero-order valence-corrected chi connectivity index (χ0v) is 23.3. The van der Waals surface area contributed by atoms with Crippen molar-refractivity contribution < 1.29 is 5.84 Å². The first-order chi connectivity index (χ1) is 17.4. The minimum absolute atomic E-state index is 0. The number of piperidine rings is 1. The van der Waals surface area contributed by atoms with Gasteiger partial charge in [0.25, 0.3) is 0 Å². The summed E-state index contributed by atoms with van der Waals surface area (Å²) < 4.78 is 5.37. The molecule has 1 saturated heterocycles. The average Bonchev–Trinajstić information content (AvgIpc) is 3.32. The molecule has 4 heteroatoms. The third kappa shape index (κ3) is 9.87. The lowest BCUT2D eigenvalue weighted by molar-refractivity contribution is 0.255. The molecule has 4 rings (SSSR count). The summed E-state index contributed by atoms with van der Waals surface area (Å²) in [7, 11) is 2.21. The van der Waals surface area contributed by atoms with Crippen LogP contribution in [-0.2, 0) is 0 Å². The highest BCUT2D eigenvalue weighted by Gasteiger charge is 2.17. The van der Waals surface area contributed by atoms with E-state index in [1.807, 2.05) is 32.9 Å². The molecule has 0 spiro atoms. The van der Waals surface area contributed by atoms with Crippen molar-refractivity contribution in [3.63, 3.8) is 0 Å². The van der Waals surface area contributed by atoms with Gasteiger partial charge in [0.05, 0.1) is 6.26 Å². The zero-order chi connectivity index (χ0) is 26.3. The molecule has 1 N–H and O–H groups in total. The van der Waals surface area contributed by atoms with Crippen molar-refractivity contribution >= 4 is 11.5 Å². The topological polar surface area (TPSA) is 40.8 Å². The zero-order valence-electron chi connectivity index (χ0n) is 23.3. The standard InChI is InChI=1S/C17H20N2O.C12H17N.C3H8.H2/c1-5-8-18-14(4)19-17-10-15(7-6-12(17)2)16-9-13(3)20-11-16;1-13-9-7-12(8-10-13)11-5-3-2-4-6-11;1-3-2;/h5-11H,1-4H3,(H,18,19);2-6,12H,7-10H2,1H3;3H2,1-2H3;1H/b8-5-;;;. The number of allylic oxidation sites excluding steroid dienone is 1. The second-order valence-corrected chi connectivity index (χ2v) is 9.49. The Morgan fingerprint density at radius 3 is 2.31 bits per heavy atom. The molecule has 196 valence electrons. The van der Waals surface area contributed by atoms with Crippen LogP contribution in [0.2, 0.25) is 0 Å². The fraction of sp³-hybridized carbons (Fsp3) is 0.406. The highest BCUT2D eigenvalue weighted by Crippen LogP contribution is 2.28. The Kier molecular flexibility index (Phi) is 12.8. The van der Waals surface area contributed by atoms with Gasteiger partial charge in [-0.25, -0.2) is 4.99 Å². The smallest absolute Gasteiger partial charge is 0.103 e.